The Balaban J connectivity index is 1.42. The molecule has 0 aliphatic carbocycles. The highest BCUT2D eigenvalue weighted by atomic mass is 35.5. The van der Waals surface area contributed by atoms with Gasteiger partial charge in [-0.2, -0.15) is 0 Å². The molecule has 1 saturated heterocycles. The molecule has 1 aliphatic heterocycles. The van der Waals surface area contributed by atoms with Crippen LogP contribution in [0.5, 0.6) is 5.75 Å². The molecular formula is C20H21ClN2O3. The third-order valence-corrected chi connectivity index (χ3v) is 4.73. The Hall–Kier alpha value is -2.40. The lowest BCUT2D eigenvalue weighted by Gasteiger charge is -2.32. The van der Waals surface area contributed by atoms with Crippen molar-refractivity contribution < 1.29 is 14.3 Å². The Kier molecular flexibility index (Phi) is 6.23. The van der Waals surface area contributed by atoms with Crippen molar-refractivity contribution in [3.8, 4) is 5.75 Å². The number of carbonyl (C=O) groups is 2. The van der Waals surface area contributed by atoms with Crippen molar-refractivity contribution in [3.05, 3.63) is 59.4 Å². The molecule has 3 rings (SSSR count). The summed E-state index contributed by atoms with van der Waals surface area (Å²) in [4.78, 5) is 30.3. The number of aromatic nitrogens is 1. The van der Waals surface area contributed by atoms with E-state index in [2.05, 4.69) is 4.98 Å². The number of rotatable bonds is 6. The number of pyridine rings is 1. The number of ketones is 1. The minimum absolute atomic E-state index is 0.0228. The van der Waals surface area contributed by atoms with Crippen LogP contribution in [0.25, 0.3) is 0 Å². The van der Waals surface area contributed by atoms with Gasteiger partial charge in [0.1, 0.15) is 11.9 Å². The highest BCUT2D eigenvalue weighted by Crippen LogP contribution is 2.19. The number of amides is 1. The molecule has 0 N–H and O–H groups in total. The first-order chi connectivity index (χ1) is 12.6. The number of likely N-dealkylation sites (tertiary alicyclic amines) is 1. The van der Waals surface area contributed by atoms with Crippen molar-refractivity contribution in [2.24, 2.45) is 0 Å². The molecule has 0 unspecified atom stereocenters. The molecule has 6 heteroatoms. The zero-order chi connectivity index (χ0) is 18.4. The highest BCUT2D eigenvalue weighted by molar-refractivity contribution is 6.30. The van der Waals surface area contributed by atoms with Gasteiger partial charge in [0.05, 0.1) is 0 Å². The highest BCUT2D eigenvalue weighted by Gasteiger charge is 2.24. The van der Waals surface area contributed by atoms with Crippen LogP contribution in [0.2, 0.25) is 5.02 Å². The van der Waals surface area contributed by atoms with Crippen LogP contribution in [0.4, 0.5) is 0 Å². The van der Waals surface area contributed by atoms with Crippen LogP contribution >= 0.6 is 11.6 Å². The second-order valence-electron chi connectivity index (χ2n) is 6.31. The first-order valence-corrected chi connectivity index (χ1v) is 9.13. The molecule has 2 heterocycles. The van der Waals surface area contributed by atoms with Crippen LogP contribution in [0.1, 0.15) is 36.0 Å². The fraction of sp³-hybridized carbons (Fsp3) is 0.350. The first kappa shape index (κ1) is 18.4. The first-order valence-electron chi connectivity index (χ1n) is 8.75. The van der Waals surface area contributed by atoms with E-state index in [1.54, 1.807) is 36.7 Å². The smallest absolute Gasteiger partial charge is 0.223 e. The molecule has 1 amide bonds. The number of ether oxygens (including phenoxy) is 1. The van der Waals surface area contributed by atoms with E-state index >= 15 is 0 Å². The van der Waals surface area contributed by atoms with Gasteiger partial charge >= 0.3 is 0 Å². The zero-order valence-electron chi connectivity index (χ0n) is 14.4. The van der Waals surface area contributed by atoms with Crippen molar-refractivity contribution in [2.45, 2.75) is 31.8 Å². The third-order valence-electron chi connectivity index (χ3n) is 4.48. The molecule has 1 aliphatic rings. The molecule has 1 aromatic carbocycles. The number of halogens is 1. The molecule has 1 aromatic heterocycles. The summed E-state index contributed by atoms with van der Waals surface area (Å²) in [6.45, 7) is 1.31. The van der Waals surface area contributed by atoms with Gasteiger partial charge in [0.15, 0.2) is 5.78 Å². The lowest BCUT2D eigenvalue weighted by Crippen LogP contribution is -2.41. The van der Waals surface area contributed by atoms with Crippen molar-refractivity contribution in [2.75, 3.05) is 13.1 Å². The van der Waals surface area contributed by atoms with Crippen LogP contribution in [0, 0.1) is 0 Å². The molecule has 2 aromatic rings. The topological polar surface area (TPSA) is 59.5 Å². The number of nitrogens with zero attached hydrogens (tertiary/aromatic N) is 2. The van der Waals surface area contributed by atoms with Crippen molar-refractivity contribution in [1.29, 1.82) is 0 Å². The minimum atomic E-state index is -0.0362. The molecule has 0 atom stereocenters. The molecule has 0 bridgehead atoms. The third kappa shape index (κ3) is 5.05. The molecule has 0 saturated carbocycles. The summed E-state index contributed by atoms with van der Waals surface area (Å²) in [5.41, 5.74) is 0.589. The molecule has 1 fully saturated rings. The Morgan fingerprint density at radius 2 is 1.69 bits per heavy atom. The maximum atomic E-state index is 12.4. The maximum absolute atomic E-state index is 12.4. The van der Waals surface area contributed by atoms with Crippen LogP contribution in [-0.4, -0.2) is 40.8 Å². The Labute approximate surface area is 157 Å². The van der Waals surface area contributed by atoms with E-state index in [9.17, 15) is 9.59 Å². The van der Waals surface area contributed by atoms with Crippen molar-refractivity contribution >= 4 is 23.3 Å². The van der Waals surface area contributed by atoms with E-state index in [1.807, 2.05) is 17.0 Å². The van der Waals surface area contributed by atoms with Gasteiger partial charge in [-0.1, -0.05) is 11.6 Å². The van der Waals surface area contributed by atoms with Gasteiger partial charge < -0.3 is 9.64 Å². The summed E-state index contributed by atoms with van der Waals surface area (Å²) >= 11 is 5.82. The molecule has 26 heavy (non-hydrogen) atoms. The van der Waals surface area contributed by atoms with Crippen LogP contribution in [0.15, 0.2) is 48.8 Å². The van der Waals surface area contributed by atoms with E-state index in [1.165, 1.54) is 0 Å². The van der Waals surface area contributed by atoms with Gasteiger partial charge in [-0.15, -0.1) is 0 Å². The Bertz CT molecular complexity index is 741. The van der Waals surface area contributed by atoms with E-state index in [0.29, 0.717) is 23.7 Å². The molecule has 5 nitrogen and oxygen atoms in total. The summed E-state index contributed by atoms with van der Waals surface area (Å²) in [6, 6.07) is 10.4. The second kappa shape index (κ2) is 8.81. The van der Waals surface area contributed by atoms with Gasteiger partial charge in [-0.05, 0) is 36.4 Å². The lowest BCUT2D eigenvalue weighted by molar-refractivity contribution is -0.132. The Morgan fingerprint density at radius 1 is 1.04 bits per heavy atom. The van der Waals surface area contributed by atoms with Crippen LogP contribution < -0.4 is 4.74 Å². The average molecular weight is 373 g/mol. The molecule has 136 valence electrons. The quantitative estimate of drug-likeness (QED) is 0.724. The van der Waals surface area contributed by atoms with Crippen LogP contribution in [-0.2, 0) is 4.79 Å². The van der Waals surface area contributed by atoms with E-state index in [-0.39, 0.29) is 30.6 Å². The maximum Gasteiger partial charge on any atom is 0.223 e. The van der Waals surface area contributed by atoms with Gasteiger partial charge in [0.2, 0.25) is 5.91 Å². The fourth-order valence-electron chi connectivity index (χ4n) is 2.99. The standard InChI is InChI=1S/C20H21ClN2O3/c21-16-3-1-15(2-4-16)19(24)5-6-20(25)23-13-9-18(10-14-23)26-17-7-11-22-12-8-17/h1-4,7-8,11-12,18H,5-6,9-10,13-14H2. The number of benzene rings is 1. The summed E-state index contributed by atoms with van der Waals surface area (Å²) in [7, 11) is 0. The zero-order valence-corrected chi connectivity index (χ0v) is 15.2. The van der Waals surface area contributed by atoms with Gasteiger partial charge in [0, 0.05) is 61.8 Å². The molecular weight excluding hydrogens is 352 g/mol. The fourth-order valence-corrected chi connectivity index (χ4v) is 3.12. The van der Waals surface area contributed by atoms with Gasteiger partial charge in [-0.3, -0.25) is 14.6 Å². The largest absolute Gasteiger partial charge is 0.490 e. The number of Topliss-reactive ketones (excluding diaryl/α,β-unsaturated/α-hetero) is 1. The van der Waals surface area contributed by atoms with Crippen LogP contribution in [0.3, 0.4) is 0 Å². The van der Waals surface area contributed by atoms with E-state index in [0.717, 1.165) is 18.6 Å². The number of carbonyl (C=O) groups excluding carboxylic acids is 2. The average Bonchev–Trinajstić information content (AvgIpc) is 2.68. The normalized spacial score (nSPS) is 14.9. The number of piperidine rings is 1. The molecule has 0 radical (unpaired) electrons. The summed E-state index contributed by atoms with van der Waals surface area (Å²) in [5, 5.41) is 0.592. The summed E-state index contributed by atoms with van der Waals surface area (Å²) < 4.78 is 5.91. The van der Waals surface area contributed by atoms with E-state index < -0.39 is 0 Å². The number of hydrogen-bond donors (Lipinski definition) is 0. The second-order valence-corrected chi connectivity index (χ2v) is 6.75. The van der Waals surface area contributed by atoms with Gasteiger partial charge in [0.25, 0.3) is 0 Å². The van der Waals surface area contributed by atoms with Crippen molar-refractivity contribution in [3.63, 3.8) is 0 Å². The predicted octanol–water partition coefficient (Wildman–Crippen LogP) is 3.77. The van der Waals surface area contributed by atoms with E-state index in [4.69, 9.17) is 16.3 Å². The van der Waals surface area contributed by atoms with Crippen molar-refractivity contribution in [1.82, 2.24) is 9.88 Å². The lowest BCUT2D eigenvalue weighted by atomic mass is 10.0. The monoisotopic (exact) mass is 372 g/mol. The Morgan fingerprint density at radius 3 is 2.35 bits per heavy atom. The summed E-state index contributed by atoms with van der Waals surface area (Å²) in [6.07, 6.45) is 5.54. The van der Waals surface area contributed by atoms with Gasteiger partial charge in [-0.25, -0.2) is 0 Å². The summed E-state index contributed by atoms with van der Waals surface area (Å²) in [5.74, 6) is 0.791. The minimum Gasteiger partial charge on any atom is -0.490 e. The molecule has 0 spiro atoms. The predicted molar refractivity (Wildman–Crippen MR) is 99.5 cm³/mol. The number of hydrogen-bond acceptors (Lipinski definition) is 4. The SMILES string of the molecule is O=C(CCC(=O)N1CCC(Oc2ccncc2)CC1)c1ccc(Cl)cc1.